The van der Waals surface area contributed by atoms with Crippen molar-refractivity contribution in [3.63, 3.8) is 0 Å². The predicted octanol–water partition coefficient (Wildman–Crippen LogP) is 3.70. The molecule has 20 heavy (non-hydrogen) atoms. The van der Waals surface area contributed by atoms with E-state index in [4.69, 9.17) is 23.2 Å². The first kappa shape index (κ1) is 13.3. The van der Waals surface area contributed by atoms with Crippen molar-refractivity contribution in [1.82, 2.24) is 9.13 Å². The third-order valence-corrected chi connectivity index (χ3v) is 3.99. The molecule has 3 nitrogen and oxygen atoms in total. The van der Waals surface area contributed by atoms with Crippen molar-refractivity contribution in [2.75, 3.05) is 0 Å². The molecule has 0 amide bonds. The largest absolute Gasteiger partial charge is 0.329 e. The Kier molecular flexibility index (Phi) is 3.32. The van der Waals surface area contributed by atoms with Crippen molar-refractivity contribution < 1.29 is 0 Å². The number of para-hydroxylation sites is 2. The first-order valence-corrected chi connectivity index (χ1v) is 6.91. The molecule has 0 radical (unpaired) electrons. The van der Waals surface area contributed by atoms with E-state index < -0.39 is 0 Å². The second kappa shape index (κ2) is 5.00. The molecule has 1 aromatic heterocycles. The number of imidazole rings is 1. The van der Waals surface area contributed by atoms with Gasteiger partial charge < -0.3 is 0 Å². The lowest BCUT2D eigenvalue weighted by Crippen LogP contribution is -2.22. The van der Waals surface area contributed by atoms with Crippen molar-refractivity contribution in [2.24, 2.45) is 7.05 Å². The van der Waals surface area contributed by atoms with Crippen LogP contribution in [0.15, 0.2) is 47.3 Å². The van der Waals surface area contributed by atoms with Gasteiger partial charge in [-0.15, -0.1) is 0 Å². The summed E-state index contributed by atoms with van der Waals surface area (Å²) in [6.07, 6.45) is 0. The normalized spacial score (nSPS) is 11.2. The standard InChI is InChI=1S/C15H12Cl2N2O/c1-18-13-4-2-3-5-14(13)19(15(18)20)9-10-8-11(16)6-7-12(10)17/h2-8H,9H2,1H3. The van der Waals surface area contributed by atoms with E-state index in [1.165, 1.54) is 0 Å². The second-order valence-electron chi connectivity index (χ2n) is 4.65. The van der Waals surface area contributed by atoms with Crippen molar-refractivity contribution in [2.45, 2.75) is 6.54 Å². The highest BCUT2D eigenvalue weighted by atomic mass is 35.5. The summed E-state index contributed by atoms with van der Waals surface area (Å²) in [6, 6.07) is 12.9. The van der Waals surface area contributed by atoms with E-state index in [0.29, 0.717) is 16.6 Å². The van der Waals surface area contributed by atoms with Crippen LogP contribution in [-0.4, -0.2) is 9.13 Å². The van der Waals surface area contributed by atoms with Crippen LogP contribution in [0.3, 0.4) is 0 Å². The first-order chi connectivity index (χ1) is 9.58. The van der Waals surface area contributed by atoms with Gasteiger partial charge in [0.1, 0.15) is 0 Å². The zero-order chi connectivity index (χ0) is 14.3. The molecule has 0 N–H and O–H groups in total. The molecule has 0 bridgehead atoms. The van der Waals surface area contributed by atoms with Gasteiger partial charge >= 0.3 is 5.69 Å². The highest BCUT2D eigenvalue weighted by molar-refractivity contribution is 6.33. The Labute approximate surface area is 126 Å². The van der Waals surface area contributed by atoms with Crippen LogP contribution in [0.2, 0.25) is 10.0 Å². The maximum Gasteiger partial charge on any atom is 0.329 e. The second-order valence-corrected chi connectivity index (χ2v) is 5.50. The Hall–Kier alpha value is -1.71. The number of nitrogens with zero attached hydrogens (tertiary/aromatic N) is 2. The number of aromatic nitrogens is 2. The summed E-state index contributed by atoms with van der Waals surface area (Å²) in [5, 5.41) is 1.21. The van der Waals surface area contributed by atoms with Crippen molar-refractivity contribution >= 4 is 34.2 Å². The summed E-state index contributed by atoms with van der Waals surface area (Å²) < 4.78 is 3.33. The summed E-state index contributed by atoms with van der Waals surface area (Å²) in [7, 11) is 1.76. The van der Waals surface area contributed by atoms with Gasteiger partial charge in [0.2, 0.25) is 0 Å². The van der Waals surface area contributed by atoms with Crippen LogP contribution in [-0.2, 0) is 13.6 Å². The van der Waals surface area contributed by atoms with Gasteiger partial charge in [-0.3, -0.25) is 9.13 Å². The van der Waals surface area contributed by atoms with E-state index in [1.807, 2.05) is 24.3 Å². The van der Waals surface area contributed by atoms with Crippen molar-refractivity contribution in [1.29, 1.82) is 0 Å². The molecule has 5 heteroatoms. The lowest BCUT2D eigenvalue weighted by atomic mass is 10.2. The fourth-order valence-corrected chi connectivity index (χ4v) is 2.72. The number of hydrogen-bond donors (Lipinski definition) is 0. The molecule has 0 saturated carbocycles. The SMILES string of the molecule is Cn1c(=O)n(Cc2cc(Cl)ccc2Cl)c2ccccc21. The number of fused-ring (bicyclic) bond motifs is 1. The molecule has 0 fully saturated rings. The fourth-order valence-electron chi connectivity index (χ4n) is 2.35. The van der Waals surface area contributed by atoms with E-state index in [9.17, 15) is 4.79 Å². The molecule has 3 rings (SSSR count). The van der Waals surface area contributed by atoms with Crippen molar-refractivity contribution in [3.05, 3.63) is 68.6 Å². The molecule has 0 atom stereocenters. The van der Waals surface area contributed by atoms with E-state index in [0.717, 1.165) is 16.6 Å². The number of benzene rings is 2. The highest BCUT2D eigenvalue weighted by Crippen LogP contribution is 2.22. The van der Waals surface area contributed by atoms with Crippen LogP contribution in [0.4, 0.5) is 0 Å². The van der Waals surface area contributed by atoms with Crippen LogP contribution >= 0.6 is 23.2 Å². The van der Waals surface area contributed by atoms with Crippen LogP contribution in [0.1, 0.15) is 5.56 Å². The van der Waals surface area contributed by atoms with Gasteiger partial charge in [-0.2, -0.15) is 0 Å². The molecule has 0 spiro atoms. The summed E-state index contributed by atoms with van der Waals surface area (Å²) in [5.74, 6) is 0. The smallest absolute Gasteiger partial charge is 0.295 e. The van der Waals surface area contributed by atoms with E-state index >= 15 is 0 Å². The maximum absolute atomic E-state index is 12.3. The molecule has 3 aromatic rings. The minimum Gasteiger partial charge on any atom is -0.295 e. The molecule has 102 valence electrons. The molecule has 1 heterocycles. The zero-order valence-electron chi connectivity index (χ0n) is 10.8. The molecular formula is C15H12Cl2N2O. The monoisotopic (exact) mass is 306 g/mol. The van der Waals surface area contributed by atoms with Gasteiger partial charge in [0.05, 0.1) is 17.6 Å². The van der Waals surface area contributed by atoms with Gasteiger partial charge in [0.25, 0.3) is 0 Å². The lowest BCUT2D eigenvalue weighted by molar-refractivity contribution is 0.736. The molecule has 2 aromatic carbocycles. The number of aryl methyl sites for hydroxylation is 1. The summed E-state index contributed by atoms with van der Waals surface area (Å²) >= 11 is 12.2. The lowest BCUT2D eigenvalue weighted by Gasteiger charge is -2.06. The average molecular weight is 307 g/mol. The Morgan fingerprint density at radius 3 is 2.50 bits per heavy atom. The minimum atomic E-state index is -0.0674. The quantitative estimate of drug-likeness (QED) is 0.709. The summed E-state index contributed by atoms with van der Waals surface area (Å²) in [4.78, 5) is 12.3. The molecular weight excluding hydrogens is 295 g/mol. The van der Waals surface area contributed by atoms with Crippen LogP contribution in [0.25, 0.3) is 11.0 Å². The number of halogens is 2. The van der Waals surface area contributed by atoms with Crippen LogP contribution < -0.4 is 5.69 Å². The van der Waals surface area contributed by atoms with Crippen molar-refractivity contribution in [3.8, 4) is 0 Å². The first-order valence-electron chi connectivity index (χ1n) is 6.16. The molecule has 0 aliphatic carbocycles. The number of hydrogen-bond acceptors (Lipinski definition) is 1. The van der Waals surface area contributed by atoms with Crippen LogP contribution in [0.5, 0.6) is 0 Å². The summed E-state index contributed by atoms with van der Waals surface area (Å²) in [5.41, 5.74) is 2.55. The minimum absolute atomic E-state index is 0.0674. The maximum atomic E-state index is 12.3. The zero-order valence-corrected chi connectivity index (χ0v) is 12.3. The molecule has 0 unspecified atom stereocenters. The fraction of sp³-hybridized carbons (Fsp3) is 0.133. The molecule has 0 aliphatic rings. The van der Waals surface area contributed by atoms with Gasteiger partial charge in [-0.05, 0) is 35.9 Å². The number of rotatable bonds is 2. The summed E-state index contributed by atoms with van der Waals surface area (Å²) in [6.45, 7) is 0.402. The molecule has 0 aliphatic heterocycles. The van der Waals surface area contributed by atoms with Crippen LogP contribution in [0, 0.1) is 0 Å². The third kappa shape index (κ3) is 2.13. The van der Waals surface area contributed by atoms with Gasteiger partial charge in [0, 0.05) is 17.1 Å². The van der Waals surface area contributed by atoms with Gasteiger partial charge in [0.15, 0.2) is 0 Å². The van der Waals surface area contributed by atoms with E-state index in [1.54, 1.807) is 34.4 Å². The van der Waals surface area contributed by atoms with E-state index in [-0.39, 0.29) is 5.69 Å². The topological polar surface area (TPSA) is 26.9 Å². The molecule has 0 saturated heterocycles. The van der Waals surface area contributed by atoms with E-state index in [2.05, 4.69) is 0 Å². The predicted molar refractivity (Wildman–Crippen MR) is 82.7 cm³/mol. The third-order valence-electron chi connectivity index (χ3n) is 3.39. The highest BCUT2D eigenvalue weighted by Gasteiger charge is 2.11. The Morgan fingerprint density at radius 2 is 1.75 bits per heavy atom. The average Bonchev–Trinajstić information content (AvgIpc) is 2.68. The van der Waals surface area contributed by atoms with Gasteiger partial charge in [-0.1, -0.05) is 35.3 Å². The van der Waals surface area contributed by atoms with Gasteiger partial charge in [-0.25, -0.2) is 4.79 Å². The Morgan fingerprint density at radius 1 is 1.05 bits per heavy atom. The Bertz CT molecular complexity index is 849. The Balaban J connectivity index is 2.18.